The van der Waals surface area contributed by atoms with E-state index in [1.807, 2.05) is 31.3 Å². The van der Waals surface area contributed by atoms with Crippen molar-refractivity contribution in [3.05, 3.63) is 36.7 Å². The van der Waals surface area contributed by atoms with Crippen molar-refractivity contribution in [2.24, 2.45) is 0 Å². The minimum Gasteiger partial charge on any atom is -0.493 e. The van der Waals surface area contributed by atoms with Crippen molar-refractivity contribution >= 4 is 17.1 Å². The zero-order valence-corrected chi connectivity index (χ0v) is 11.2. The van der Waals surface area contributed by atoms with Gasteiger partial charge in [-0.3, -0.25) is 4.98 Å². The highest BCUT2D eigenvalue weighted by Gasteiger charge is 2.05. The molecule has 5 heteroatoms. The first-order chi connectivity index (χ1) is 9.26. The number of nitrogens with zero attached hydrogens (tertiary/aromatic N) is 1. The van der Waals surface area contributed by atoms with Crippen molar-refractivity contribution < 1.29 is 9.47 Å². The molecule has 2 rings (SSSR count). The number of pyridine rings is 1. The number of anilines is 3. The third kappa shape index (κ3) is 3.07. The van der Waals surface area contributed by atoms with Crippen LogP contribution in [-0.4, -0.2) is 26.3 Å². The molecule has 0 spiro atoms. The summed E-state index contributed by atoms with van der Waals surface area (Å²) in [6, 6.07) is 7.64. The third-order valence-electron chi connectivity index (χ3n) is 2.70. The number of rotatable bonds is 5. The molecule has 0 aliphatic rings. The van der Waals surface area contributed by atoms with Crippen molar-refractivity contribution in [3.63, 3.8) is 0 Å². The van der Waals surface area contributed by atoms with E-state index in [1.54, 1.807) is 26.6 Å². The second-order valence-electron chi connectivity index (χ2n) is 3.91. The number of benzene rings is 1. The predicted octanol–water partition coefficient (Wildman–Crippen LogP) is 2.88. The lowest BCUT2D eigenvalue weighted by atomic mass is 10.2. The molecule has 0 saturated carbocycles. The van der Waals surface area contributed by atoms with Gasteiger partial charge in [0.2, 0.25) is 0 Å². The first-order valence-electron chi connectivity index (χ1n) is 5.88. The Bertz CT molecular complexity index is 558. The average molecular weight is 259 g/mol. The van der Waals surface area contributed by atoms with Gasteiger partial charge in [0.25, 0.3) is 0 Å². The summed E-state index contributed by atoms with van der Waals surface area (Å²) in [4.78, 5) is 4.15. The SMILES string of the molecule is CNc1cncc(Nc2ccc(OC)c(OC)c2)c1. The smallest absolute Gasteiger partial charge is 0.162 e. The van der Waals surface area contributed by atoms with Crippen molar-refractivity contribution in [2.45, 2.75) is 0 Å². The molecule has 0 fully saturated rings. The van der Waals surface area contributed by atoms with Gasteiger partial charge in [0.05, 0.1) is 38.0 Å². The van der Waals surface area contributed by atoms with E-state index in [1.165, 1.54) is 0 Å². The Kier molecular flexibility index (Phi) is 4.07. The molecule has 0 saturated heterocycles. The van der Waals surface area contributed by atoms with Crippen LogP contribution in [0.15, 0.2) is 36.7 Å². The number of ether oxygens (including phenoxy) is 2. The normalized spacial score (nSPS) is 9.84. The number of nitrogens with one attached hydrogen (secondary N) is 2. The molecular weight excluding hydrogens is 242 g/mol. The minimum atomic E-state index is 0.685. The van der Waals surface area contributed by atoms with Crippen molar-refractivity contribution in [3.8, 4) is 11.5 Å². The molecule has 100 valence electrons. The first kappa shape index (κ1) is 13.0. The lowest BCUT2D eigenvalue weighted by Crippen LogP contribution is -1.96. The molecule has 1 heterocycles. The topological polar surface area (TPSA) is 55.4 Å². The highest BCUT2D eigenvalue weighted by molar-refractivity contribution is 5.65. The Morgan fingerprint density at radius 1 is 0.895 bits per heavy atom. The van der Waals surface area contributed by atoms with E-state index < -0.39 is 0 Å². The lowest BCUT2D eigenvalue weighted by molar-refractivity contribution is 0.355. The molecule has 0 aliphatic carbocycles. The maximum absolute atomic E-state index is 5.27. The van der Waals surface area contributed by atoms with E-state index in [9.17, 15) is 0 Å². The van der Waals surface area contributed by atoms with Crippen molar-refractivity contribution in [1.29, 1.82) is 0 Å². The highest BCUT2D eigenvalue weighted by Crippen LogP contribution is 2.31. The molecule has 0 aliphatic heterocycles. The quantitative estimate of drug-likeness (QED) is 0.864. The van der Waals surface area contributed by atoms with E-state index in [-0.39, 0.29) is 0 Å². The zero-order chi connectivity index (χ0) is 13.7. The predicted molar refractivity (Wildman–Crippen MR) is 76.6 cm³/mol. The zero-order valence-electron chi connectivity index (χ0n) is 11.2. The molecule has 19 heavy (non-hydrogen) atoms. The number of hydrogen-bond donors (Lipinski definition) is 2. The summed E-state index contributed by atoms with van der Waals surface area (Å²) in [6.07, 6.45) is 3.53. The average Bonchev–Trinajstić information content (AvgIpc) is 2.47. The lowest BCUT2D eigenvalue weighted by Gasteiger charge is -2.11. The standard InChI is InChI=1S/C14H17N3O2/c1-15-11-6-12(9-16-8-11)17-10-4-5-13(18-2)14(7-10)19-3/h4-9,15,17H,1-3H3. The molecule has 1 aromatic heterocycles. The maximum atomic E-state index is 5.27. The van der Waals surface area contributed by atoms with Crippen LogP contribution >= 0.6 is 0 Å². The Labute approximate surface area is 112 Å². The van der Waals surface area contributed by atoms with Crippen LogP contribution in [0.2, 0.25) is 0 Å². The minimum absolute atomic E-state index is 0.685. The summed E-state index contributed by atoms with van der Waals surface area (Å²) in [5.74, 6) is 1.39. The monoisotopic (exact) mass is 259 g/mol. The molecular formula is C14H17N3O2. The van der Waals surface area contributed by atoms with Gasteiger partial charge in [-0.15, -0.1) is 0 Å². The van der Waals surface area contributed by atoms with Gasteiger partial charge in [-0.1, -0.05) is 0 Å². The van der Waals surface area contributed by atoms with E-state index >= 15 is 0 Å². The first-order valence-corrected chi connectivity index (χ1v) is 5.88. The van der Waals surface area contributed by atoms with E-state index in [4.69, 9.17) is 9.47 Å². The fourth-order valence-electron chi connectivity index (χ4n) is 1.73. The highest BCUT2D eigenvalue weighted by atomic mass is 16.5. The molecule has 2 aromatic rings. The summed E-state index contributed by atoms with van der Waals surface area (Å²) in [6.45, 7) is 0. The second-order valence-corrected chi connectivity index (χ2v) is 3.91. The number of methoxy groups -OCH3 is 2. The number of hydrogen-bond acceptors (Lipinski definition) is 5. The molecule has 5 nitrogen and oxygen atoms in total. The van der Waals surface area contributed by atoms with Crippen LogP contribution in [-0.2, 0) is 0 Å². The Morgan fingerprint density at radius 2 is 1.63 bits per heavy atom. The van der Waals surface area contributed by atoms with Crippen molar-refractivity contribution in [2.75, 3.05) is 31.9 Å². The van der Waals surface area contributed by atoms with E-state index in [0.29, 0.717) is 11.5 Å². The van der Waals surface area contributed by atoms with Crippen LogP contribution in [0.4, 0.5) is 17.1 Å². The van der Waals surface area contributed by atoms with Gasteiger partial charge >= 0.3 is 0 Å². The van der Waals surface area contributed by atoms with Gasteiger partial charge in [0, 0.05) is 18.8 Å². The largest absolute Gasteiger partial charge is 0.493 e. The fourth-order valence-corrected chi connectivity index (χ4v) is 1.73. The maximum Gasteiger partial charge on any atom is 0.162 e. The summed E-state index contributed by atoms with van der Waals surface area (Å²) >= 11 is 0. The summed E-state index contributed by atoms with van der Waals surface area (Å²) < 4.78 is 10.5. The van der Waals surface area contributed by atoms with Crippen LogP contribution in [0.5, 0.6) is 11.5 Å². The van der Waals surface area contributed by atoms with Gasteiger partial charge in [-0.2, -0.15) is 0 Å². The number of aromatic nitrogens is 1. The van der Waals surface area contributed by atoms with Crippen LogP contribution in [0.25, 0.3) is 0 Å². The van der Waals surface area contributed by atoms with Crippen molar-refractivity contribution in [1.82, 2.24) is 4.98 Å². The summed E-state index contributed by atoms with van der Waals surface area (Å²) in [7, 11) is 5.09. The van der Waals surface area contributed by atoms with Crippen LogP contribution in [0, 0.1) is 0 Å². The summed E-state index contributed by atoms with van der Waals surface area (Å²) in [5.41, 5.74) is 2.76. The molecule has 0 bridgehead atoms. The van der Waals surface area contributed by atoms with E-state index in [2.05, 4.69) is 15.6 Å². The Hall–Kier alpha value is -2.43. The molecule has 0 atom stereocenters. The van der Waals surface area contributed by atoms with Gasteiger partial charge in [0.1, 0.15) is 0 Å². The fraction of sp³-hybridized carbons (Fsp3) is 0.214. The van der Waals surface area contributed by atoms with Crippen LogP contribution < -0.4 is 20.1 Å². The van der Waals surface area contributed by atoms with E-state index in [0.717, 1.165) is 17.1 Å². The molecule has 1 aromatic carbocycles. The van der Waals surface area contributed by atoms with Gasteiger partial charge in [-0.05, 0) is 18.2 Å². The van der Waals surface area contributed by atoms with Crippen LogP contribution in [0.1, 0.15) is 0 Å². The molecule has 0 radical (unpaired) electrons. The summed E-state index contributed by atoms with van der Waals surface area (Å²) in [5, 5.41) is 6.31. The third-order valence-corrected chi connectivity index (χ3v) is 2.70. The van der Waals surface area contributed by atoms with Gasteiger partial charge in [-0.25, -0.2) is 0 Å². The molecule has 2 N–H and O–H groups in total. The van der Waals surface area contributed by atoms with Gasteiger partial charge < -0.3 is 20.1 Å². The Morgan fingerprint density at radius 3 is 2.32 bits per heavy atom. The second kappa shape index (κ2) is 5.95. The van der Waals surface area contributed by atoms with Crippen LogP contribution in [0.3, 0.4) is 0 Å². The molecule has 0 amide bonds. The molecule has 0 unspecified atom stereocenters. The Balaban J connectivity index is 2.22. The van der Waals surface area contributed by atoms with Gasteiger partial charge in [0.15, 0.2) is 11.5 Å².